The van der Waals surface area contributed by atoms with Gasteiger partial charge in [0.2, 0.25) is 0 Å². The lowest BCUT2D eigenvalue weighted by molar-refractivity contribution is -0.198. The van der Waals surface area contributed by atoms with Gasteiger partial charge in [-0.3, -0.25) is 0 Å². The number of nitrogens with two attached hydrogens (primary N) is 1. The second-order valence-corrected chi connectivity index (χ2v) is 6.57. The van der Waals surface area contributed by atoms with Crippen molar-refractivity contribution in [2.45, 2.75) is 44.3 Å². The SMILES string of the molecule is NC(Cc1ccc(F)c(Br)c1)C1CCCCC1C(F)(F)F. The molecule has 2 rings (SSSR count). The van der Waals surface area contributed by atoms with Crippen molar-refractivity contribution in [3.8, 4) is 0 Å². The molecule has 0 aromatic heterocycles. The highest BCUT2D eigenvalue weighted by atomic mass is 79.9. The Morgan fingerprint density at radius 3 is 2.52 bits per heavy atom. The molecule has 0 spiro atoms. The van der Waals surface area contributed by atoms with Crippen LogP contribution in [0.25, 0.3) is 0 Å². The van der Waals surface area contributed by atoms with E-state index >= 15 is 0 Å². The van der Waals surface area contributed by atoms with Gasteiger partial charge < -0.3 is 5.73 Å². The monoisotopic (exact) mass is 367 g/mol. The summed E-state index contributed by atoms with van der Waals surface area (Å²) in [7, 11) is 0. The second kappa shape index (κ2) is 6.65. The minimum atomic E-state index is -4.19. The van der Waals surface area contributed by atoms with Gasteiger partial charge in [0.15, 0.2) is 0 Å². The summed E-state index contributed by atoms with van der Waals surface area (Å²) in [4.78, 5) is 0. The summed E-state index contributed by atoms with van der Waals surface area (Å²) in [5.74, 6) is -2.26. The van der Waals surface area contributed by atoms with Gasteiger partial charge >= 0.3 is 6.18 Å². The van der Waals surface area contributed by atoms with Crippen LogP contribution in [0, 0.1) is 17.7 Å². The van der Waals surface area contributed by atoms with Gasteiger partial charge in [0.05, 0.1) is 10.4 Å². The molecule has 0 radical (unpaired) electrons. The molecule has 0 saturated heterocycles. The number of benzene rings is 1. The number of hydrogen-bond acceptors (Lipinski definition) is 1. The van der Waals surface area contributed by atoms with E-state index in [2.05, 4.69) is 15.9 Å². The minimum Gasteiger partial charge on any atom is -0.327 e. The molecular formula is C15H18BrF4N. The standard InChI is InChI=1S/C15H18BrF4N/c16-12-7-9(5-6-13(12)17)8-14(21)10-3-1-2-4-11(10)15(18,19)20/h5-7,10-11,14H,1-4,8,21H2. The van der Waals surface area contributed by atoms with E-state index < -0.39 is 29.9 Å². The predicted molar refractivity (Wildman–Crippen MR) is 77.3 cm³/mol. The molecule has 0 bridgehead atoms. The van der Waals surface area contributed by atoms with Gasteiger partial charge in [0.25, 0.3) is 0 Å². The third-order valence-electron chi connectivity index (χ3n) is 4.25. The molecule has 1 aromatic rings. The molecule has 1 aliphatic carbocycles. The topological polar surface area (TPSA) is 26.0 Å². The van der Waals surface area contributed by atoms with Crippen LogP contribution in [0.1, 0.15) is 31.2 Å². The van der Waals surface area contributed by atoms with Crippen LogP contribution >= 0.6 is 15.9 Å². The Morgan fingerprint density at radius 2 is 1.90 bits per heavy atom. The average molecular weight is 368 g/mol. The fourth-order valence-electron chi connectivity index (χ4n) is 3.17. The van der Waals surface area contributed by atoms with E-state index in [1.165, 1.54) is 6.07 Å². The zero-order valence-electron chi connectivity index (χ0n) is 11.5. The van der Waals surface area contributed by atoms with Crippen LogP contribution in [0.5, 0.6) is 0 Å². The van der Waals surface area contributed by atoms with Crippen molar-refractivity contribution in [1.82, 2.24) is 0 Å². The zero-order valence-corrected chi connectivity index (χ0v) is 13.1. The summed E-state index contributed by atoms with van der Waals surface area (Å²) < 4.78 is 52.8. The Morgan fingerprint density at radius 1 is 1.24 bits per heavy atom. The predicted octanol–water partition coefficient (Wildman–Crippen LogP) is 4.83. The summed E-state index contributed by atoms with van der Waals surface area (Å²) in [5.41, 5.74) is 6.80. The molecule has 6 heteroatoms. The maximum atomic E-state index is 13.2. The highest BCUT2D eigenvalue weighted by Gasteiger charge is 2.47. The van der Waals surface area contributed by atoms with Crippen LogP contribution in [-0.4, -0.2) is 12.2 Å². The lowest BCUT2D eigenvalue weighted by Crippen LogP contribution is -2.44. The highest BCUT2D eigenvalue weighted by Crippen LogP contribution is 2.43. The molecule has 3 atom stereocenters. The van der Waals surface area contributed by atoms with Gasteiger partial charge in [-0.1, -0.05) is 18.9 Å². The minimum absolute atomic E-state index is 0.162. The van der Waals surface area contributed by atoms with Crippen molar-refractivity contribution in [2.75, 3.05) is 0 Å². The maximum absolute atomic E-state index is 13.2. The number of halogens is 5. The Kier molecular flexibility index (Phi) is 5.30. The zero-order chi connectivity index (χ0) is 15.6. The fourth-order valence-corrected chi connectivity index (χ4v) is 3.59. The molecule has 0 aliphatic heterocycles. The summed E-state index contributed by atoms with van der Waals surface area (Å²) in [5, 5.41) is 0. The molecule has 0 heterocycles. The molecule has 1 aliphatic rings. The van der Waals surface area contributed by atoms with Gasteiger partial charge in [-0.25, -0.2) is 4.39 Å². The number of rotatable bonds is 3. The molecule has 0 amide bonds. The maximum Gasteiger partial charge on any atom is 0.392 e. The number of hydrogen-bond donors (Lipinski definition) is 1. The molecule has 1 saturated carbocycles. The normalized spacial score (nSPS) is 24.9. The third kappa shape index (κ3) is 4.19. The average Bonchev–Trinajstić information content (AvgIpc) is 2.42. The molecular weight excluding hydrogens is 350 g/mol. The first-order chi connectivity index (χ1) is 9.79. The first kappa shape index (κ1) is 16.7. The quantitative estimate of drug-likeness (QED) is 0.761. The molecule has 1 fully saturated rings. The molecule has 1 aromatic carbocycles. The van der Waals surface area contributed by atoms with E-state index in [1.807, 2.05) is 0 Å². The smallest absolute Gasteiger partial charge is 0.327 e. The molecule has 21 heavy (non-hydrogen) atoms. The van der Waals surface area contributed by atoms with E-state index in [-0.39, 0.29) is 6.42 Å². The van der Waals surface area contributed by atoms with Gasteiger partial charge in [-0.2, -0.15) is 13.2 Å². The van der Waals surface area contributed by atoms with E-state index in [0.29, 0.717) is 23.7 Å². The Hall–Kier alpha value is -0.620. The summed E-state index contributed by atoms with van der Waals surface area (Å²) >= 11 is 3.08. The van der Waals surface area contributed by atoms with Gasteiger partial charge in [-0.15, -0.1) is 0 Å². The first-order valence-corrected chi connectivity index (χ1v) is 7.84. The second-order valence-electron chi connectivity index (χ2n) is 5.71. The van der Waals surface area contributed by atoms with Crippen LogP contribution in [0.15, 0.2) is 22.7 Å². The largest absolute Gasteiger partial charge is 0.392 e. The van der Waals surface area contributed by atoms with E-state index in [0.717, 1.165) is 12.0 Å². The van der Waals surface area contributed by atoms with Crippen molar-refractivity contribution in [3.05, 3.63) is 34.1 Å². The molecule has 3 unspecified atom stereocenters. The fraction of sp³-hybridized carbons (Fsp3) is 0.600. The molecule has 2 N–H and O–H groups in total. The Bertz CT molecular complexity index is 489. The van der Waals surface area contributed by atoms with Crippen LogP contribution in [0.4, 0.5) is 17.6 Å². The van der Waals surface area contributed by atoms with Gasteiger partial charge in [0, 0.05) is 6.04 Å². The molecule has 1 nitrogen and oxygen atoms in total. The summed E-state index contributed by atoms with van der Waals surface area (Å²) in [6.45, 7) is 0. The van der Waals surface area contributed by atoms with E-state index in [1.54, 1.807) is 12.1 Å². The van der Waals surface area contributed by atoms with Crippen LogP contribution < -0.4 is 5.73 Å². The molecule has 118 valence electrons. The van der Waals surface area contributed by atoms with Crippen LogP contribution in [0.3, 0.4) is 0 Å². The Labute approximate surface area is 130 Å². The van der Waals surface area contributed by atoms with E-state index in [4.69, 9.17) is 5.73 Å². The number of alkyl halides is 3. The van der Waals surface area contributed by atoms with Crippen molar-refractivity contribution in [1.29, 1.82) is 0 Å². The van der Waals surface area contributed by atoms with E-state index in [9.17, 15) is 17.6 Å². The van der Waals surface area contributed by atoms with Gasteiger partial charge in [0.1, 0.15) is 5.82 Å². The lowest BCUT2D eigenvalue weighted by Gasteiger charge is -2.36. The summed E-state index contributed by atoms with van der Waals surface area (Å²) in [6.07, 6.45) is -1.79. The van der Waals surface area contributed by atoms with Crippen molar-refractivity contribution in [2.24, 2.45) is 17.6 Å². The lowest BCUT2D eigenvalue weighted by atomic mass is 9.73. The first-order valence-electron chi connectivity index (χ1n) is 7.05. The van der Waals surface area contributed by atoms with Crippen molar-refractivity contribution >= 4 is 15.9 Å². The summed E-state index contributed by atoms with van der Waals surface area (Å²) in [6, 6.07) is 3.90. The van der Waals surface area contributed by atoms with Crippen molar-refractivity contribution in [3.63, 3.8) is 0 Å². The third-order valence-corrected chi connectivity index (χ3v) is 4.85. The highest BCUT2D eigenvalue weighted by molar-refractivity contribution is 9.10. The van der Waals surface area contributed by atoms with Crippen molar-refractivity contribution < 1.29 is 17.6 Å². The van der Waals surface area contributed by atoms with Crippen LogP contribution in [0.2, 0.25) is 0 Å². The Balaban J connectivity index is 2.10. The van der Waals surface area contributed by atoms with Gasteiger partial charge in [-0.05, 0) is 58.8 Å². The van der Waals surface area contributed by atoms with Crippen LogP contribution in [-0.2, 0) is 6.42 Å².